The summed E-state index contributed by atoms with van der Waals surface area (Å²) in [6, 6.07) is 19.5. The van der Waals surface area contributed by atoms with E-state index >= 15 is 0 Å². The van der Waals surface area contributed by atoms with Crippen molar-refractivity contribution < 1.29 is 4.74 Å². The molecule has 0 radical (unpaired) electrons. The highest BCUT2D eigenvalue weighted by Crippen LogP contribution is 2.29. The number of nitriles is 1. The third kappa shape index (κ3) is 2.87. The quantitative estimate of drug-likeness (QED) is 0.803. The summed E-state index contributed by atoms with van der Waals surface area (Å²) in [5.41, 5.74) is 8.95. The molecule has 3 rings (SSSR count). The molecule has 0 aliphatic carbocycles. The predicted octanol–water partition coefficient (Wildman–Crippen LogP) is 3.06. The molecule has 1 aromatic heterocycles. The van der Waals surface area contributed by atoms with Crippen molar-refractivity contribution in [1.29, 1.82) is 5.26 Å². The Morgan fingerprint density at radius 2 is 1.96 bits per heavy atom. The zero-order valence-corrected chi connectivity index (χ0v) is 12.7. The fourth-order valence-electron chi connectivity index (χ4n) is 2.43. The fraction of sp³-hybridized carbons (Fsp3) is 0.111. The number of hydrogen-bond acceptors (Lipinski definition) is 4. The number of benzene rings is 2. The van der Waals surface area contributed by atoms with Crippen LogP contribution in [0.1, 0.15) is 11.1 Å². The van der Waals surface area contributed by atoms with Crippen molar-refractivity contribution in [3.8, 4) is 23.1 Å². The first-order chi connectivity index (χ1) is 11.2. The molecule has 0 saturated carbocycles. The van der Waals surface area contributed by atoms with Crippen LogP contribution in [0.5, 0.6) is 5.75 Å². The van der Waals surface area contributed by atoms with E-state index in [4.69, 9.17) is 10.5 Å². The van der Waals surface area contributed by atoms with E-state index in [0.29, 0.717) is 29.4 Å². The van der Waals surface area contributed by atoms with Crippen molar-refractivity contribution >= 4 is 5.82 Å². The number of aromatic nitrogens is 2. The zero-order valence-electron chi connectivity index (χ0n) is 12.7. The van der Waals surface area contributed by atoms with Gasteiger partial charge in [-0.25, -0.2) is 4.68 Å². The highest BCUT2D eigenvalue weighted by molar-refractivity contribution is 5.73. The van der Waals surface area contributed by atoms with Gasteiger partial charge in [0.2, 0.25) is 0 Å². The van der Waals surface area contributed by atoms with E-state index < -0.39 is 0 Å². The molecule has 0 atom stereocenters. The van der Waals surface area contributed by atoms with Crippen LogP contribution in [0.4, 0.5) is 5.82 Å². The van der Waals surface area contributed by atoms with Crippen LogP contribution in [0.15, 0.2) is 54.6 Å². The lowest BCUT2D eigenvalue weighted by Gasteiger charge is -2.04. The Hall–Kier alpha value is -3.26. The van der Waals surface area contributed by atoms with E-state index in [9.17, 15) is 5.26 Å². The molecule has 0 spiro atoms. The van der Waals surface area contributed by atoms with Crippen molar-refractivity contribution in [1.82, 2.24) is 9.78 Å². The minimum atomic E-state index is 0.370. The topological polar surface area (TPSA) is 76.9 Å². The molecule has 0 aliphatic rings. The predicted molar refractivity (Wildman–Crippen MR) is 88.9 cm³/mol. The first kappa shape index (κ1) is 14.7. The normalized spacial score (nSPS) is 10.3. The third-order valence-electron chi connectivity index (χ3n) is 3.62. The molecule has 0 saturated heterocycles. The highest BCUT2D eigenvalue weighted by Gasteiger charge is 2.17. The molecular weight excluding hydrogens is 288 g/mol. The molecule has 5 nitrogen and oxygen atoms in total. The molecule has 3 aromatic rings. The minimum absolute atomic E-state index is 0.370. The SMILES string of the molecule is COc1cccc(-c2nn(Cc3ccccc3)c(N)c2C#N)c1. The molecule has 0 bridgehead atoms. The number of nitrogen functional groups attached to an aromatic ring is 1. The number of anilines is 1. The van der Waals surface area contributed by atoms with E-state index in [1.807, 2.05) is 54.6 Å². The van der Waals surface area contributed by atoms with E-state index in [1.54, 1.807) is 11.8 Å². The fourth-order valence-corrected chi connectivity index (χ4v) is 2.43. The van der Waals surface area contributed by atoms with Gasteiger partial charge >= 0.3 is 0 Å². The van der Waals surface area contributed by atoms with E-state index in [1.165, 1.54) is 0 Å². The summed E-state index contributed by atoms with van der Waals surface area (Å²) >= 11 is 0. The van der Waals surface area contributed by atoms with Crippen molar-refractivity contribution in [2.75, 3.05) is 12.8 Å². The Balaban J connectivity index is 2.04. The van der Waals surface area contributed by atoms with Gasteiger partial charge in [-0.05, 0) is 17.7 Å². The Bertz CT molecular complexity index is 862. The molecule has 23 heavy (non-hydrogen) atoms. The molecule has 2 N–H and O–H groups in total. The number of nitrogens with zero attached hydrogens (tertiary/aromatic N) is 3. The first-order valence-corrected chi connectivity index (χ1v) is 7.17. The standard InChI is InChI=1S/C18H16N4O/c1-23-15-9-5-8-14(10-15)17-16(11-19)18(20)22(21-17)12-13-6-3-2-4-7-13/h2-10H,12,20H2,1H3. The van der Waals surface area contributed by atoms with Crippen LogP contribution in [0, 0.1) is 11.3 Å². The van der Waals surface area contributed by atoms with Crippen LogP contribution in [0.25, 0.3) is 11.3 Å². The van der Waals surface area contributed by atoms with Crippen molar-refractivity contribution in [3.63, 3.8) is 0 Å². The average molecular weight is 304 g/mol. The number of ether oxygens (including phenoxy) is 1. The van der Waals surface area contributed by atoms with Crippen molar-refractivity contribution in [2.24, 2.45) is 0 Å². The Morgan fingerprint density at radius 1 is 1.17 bits per heavy atom. The molecule has 5 heteroatoms. The van der Waals surface area contributed by atoms with Gasteiger partial charge in [0.15, 0.2) is 0 Å². The Labute approximate surface area is 134 Å². The third-order valence-corrected chi connectivity index (χ3v) is 3.62. The maximum Gasteiger partial charge on any atom is 0.140 e. The second kappa shape index (κ2) is 6.24. The summed E-state index contributed by atoms with van der Waals surface area (Å²) in [5, 5.41) is 14.0. The van der Waals surface area contributed by atoms with Gasteiger partial charge in [-0.3, -0.25) is 0 Å². The monoisotopic (exact) mass is 304 g/mol. The number of methoxy groups -OCH3 is 1. The molecule has 1 heterocycles. The number of rotatable bonds is 4. The van der Waals surface area contributed by atoms with Gasteiger partial charge in [0, 0.05) is 5.56 Å². The lowest BCUT2D eigenvalue weighted by Crippen LogP contribution is -2.06. The van der Waals surface area contributed by atoms with Gasteiger partial charge in [-0.1, -0.05) is 42.5 Å². The van der Waals surface area contributed by atoms with Crippen LogP contribution in [-0.4, -0.2) is 16.9 Å². The molecule has 0 unspecified atom stereocenters. The van der Waals surface area contributed by atoms with Crippen LogP contribution >= 0.6 is 0 Å². The highest BCUT2D eigenvalue weighted by atomic mass is 16.5. The summed E-state index contributed by atoms with van der Waals surface area (Å²) in [6.07, 6.45) is 0. The maximum atomic E-state index is 9.45. The van der Waals surface area contributed by atoms with E-state index in [-0.39, 0.29) is 0 Å². The van der Waals surface area contributed by atoms with Crippen LogP contribution in [0.2, 0.25) is 0 Å². The molecule has 114 valence electrons. The molecular formula is C18H16N4O. The molecule has 0 amide bonds. The number of hydrogen-bond donors (Lipinski definition) is 1. The van der Waals surface area contributed by atoms with Crippen LogP contribution in [0.3, 0.4) is 0 Å². The second-order valence-electron chi connectivity index (χ2n) is 5.10. The van der Waals surface area contributed by atoms with Crippen molar-refractivity contribution in [3.05, 3.63) is 65.7 Å². The maximum absolute atomic E-state index is 9.45. The van der Waals surface area contributed by atoms with E-state index in [0.717, 1.165) is 11.1 Å². The van der Waals surface area contributed by atoms with Gasteiger partial charge in [0.25, 0.3) is 0 Å². The second-order valence-corrected chi connectivity index (χ2v) is 5.10. The minimum Gasteiger partial charge on any atom is -0.497 e. The van der Waals surface area contributed by atoms with Crippen molar-refractivity contribution in [2.45, 2.75) is 6.54 Å². The molecule has 0 fully saturated rings. The Morgan fingerprint density at radius 3 is 2.65 bits per heavy atom. The van der Waals surface area contributed by atoms with Gasteiger partial charge < -0.3 is 10.5 Å². The summed E-state index contributed by atoms with van der Waals surface area (Å²) < 4.78 is 6.89. The summed E-state index contributed by atoms with van der Waals surface area (Å²) in [6.45, 7) is 0.519. The Kier molecular flexibility index (Phi) is 3.98. The summed E-state index contributed by atoms with van der Waals surface area (Å²) in [7, 11) is 1.60. The molecule has 0 aliphatic heterocycles. The zero-order chi connectivity index (χ0) is 16.2. The largest absolute Gasteiger partial charge is 0.497 e. The number of nitrogens with two attached hydrogens (primary N) is 1. The molecule has 2 aromatic carbocycles. The van der Waals surface area contributed by atoms with Crippen LogP contribution in [-0.2, 0) is 6.54 Å². The lowest BCUT2D eigenvalue weighted by molar-refractivity contribution is 0.415. The van der Waals surface area contributed by atoms with Gasteiger partial charge in [-0.2, -0.15) is 10.4 Å². The van der Waals surface area contributed by atoms with Gasteiger partial charge in [-0.15, -0.1) is 0 Å². The summed E-state index contributed by atoms with van der Waals surface area (Å²) in [5.74, 6) is 1.08. The van der Waals surface area contributed by atoms with Gasteiger partial charge in [0.05, 0.1) is 13.7 Å². The van der Waals surface area contributed by atoms with Crippen LogP contribution < -0.4 is 10.5 Å². The lowest BCUT2D eigenvalue weighted by atomic mass is 10.1. The van der Waals surface area contributed by atoms with Gasteiger partial charge in [0.1, 0.15) is 28.9 Å². The smallest absolute Gasteiger partial charge is 0.140 e. The summed E-state index contributed by atoms with van der Waals surface area (Å²) in [4.78, 5) is 0. The average Bonchev–Trinajstić information content (AvgIpc) is 2.92. The first-order valence-electron chi connectivity index (χ1n) is 7.17. The van der Waals surface area contributed by atoms with E-state index in [2.05, 4.69) is 11.2 Å².